The second kappa shape index (κ2) is 6.11. The molecule has 0 fully saturated rings. The molecule has 2 aromatic heterocycles. The molecule has 0 unspecified atom stereocenters. The first-order chi connectivity index (χ1) is 10.2. The number of thiazole rings is 1. The molecule has 0 saturated carbocycles. The topological polar surface area (TPSA) is 50.4 Å². The van der Waals surface area contributed by atoms with Crippen molar-refractivity contribution in [1.29, 1.82) is 0 Å². The van der Waals surface area contributed by atoms with Crippen LogP contribution in [-0.2, 0) is 0 Å². The van der Waals surface area contributed by atoms with Crippen molar-refractivity contribution < 1.29 is 4.42 Å². The molecule has 0 bridgehead atoms. The lowest BCUT2D eigenvalue weighted by molar-refractivity contribution is 0.528. The van der Waals surface area contributed by atoms with Gasteiger partial charge in [0.15, 0.2) is 0 Å². The Morgan fingerprint density at radius 1 is 1.24 bits per heavy atom. The highest BCUT2D eigenvalue weighted by atomic mass is 35.5. The first-order valence-electron chi connectivity index (χ1n) is 6.28. The molecule has 0 spiro atoms. The maximum absolute atomic E-state index is 5.87. The second-order valence-corrected chi connectivity index (χ2v) is 5.66. The van der Waals surface area contributed by atoms with Gasteiger partial charge in [-0.25, -0.2) is 4.98 Å². The summed E-state index contributed by atoms with van der Waals surface area (Å²) in [6.45, 7) is 1.89. The molecule has 0 aliphatic carbocycles. The number of benzene rings is 1. The Morgan fingerprint density at radius 3 is 2.76 bits per heavy atom. The van der Waals surface area contributed by atoms with Crippen LogP contribution in [0.1, 0.15) is 11.5 Å². The van der Waals surface area contributed by atoms with E-state index in [1.54, 1.807) is 6.21 Å². The van der Waals surface area contributed by atoms with Crippen LogP contribution >= 0.6 is 22.9 Å². The van der Waals surface area contributed by atoms with Gasteiger partial charge in [0.1, 0.15) is 11.5 Å². The third-order valence-corrected chi connectivity index (χ3v) is 3.76. The lowest BCUT2D eigenvalue weighted by Gasteiger charge is -1.96. The summed E-state index contributed by atoms with van der Waals surface area (Å²) in [5, 5.41) is 7.51. The number of aryl methyl sites for hydroxylation is 1. The third kappa shape index (κ3) is 3.51. The van der Waals surface area contributed by atoms with Gasteiger partial charge in [0.2, 0.25) is 5.13 Å². The number of nitrogens with zero attached hydrogens (tertiary/aromatic N) is 2. The minimum Gasteiger partial charge on any atom is -0.460 e. The van der Waals surface area contributed by atoms with Crippen LogP contribution in [-0.4, -0.2) is 11.2 Å². The molecule has 2 heterocycles. The van der Waals surface area contributed by atoms with Crippen LogP contribution in [0.15, 0.2) is 51.3 Å². The van der Waals surface area contributed by atoms with E-state index in [4.69, 9.17) is 16.0 Å². The monoisotopic (exact) mass is 317 g/mol. The van der Waals surface area contributed by atoms with Crippen molar-refractivity contribution >= 4 is 34.3 Å². The molecule has 3 aromatic rings. The van der Waals surface area contributed by atoms with Crippen LogP contribution < -0.4 is 5.43 Å². The number of furan rings is 1. The second-order valence-electron chi connectivity index (χ2n) is 4.36. The van der Waals surface area contributed by atoms with E-state index < -0.39 is 0 Å². The molecule has 1 N–H and O–H groups in total. The largest absolute Gasteiger partial charge is 0.460 e. The maximum Gasteiger partial charge on any atom is 0.203 e. The summed E-state index contributed by atoms with van der Waals surface area (Å²) < 4.78 is 5.39. The van der Waals surface area contributed by atoms with Crippen molar-refractivity contribution in [3.8, 4) is 11.3 Å². The number of hydrogen-bond donors (Lipinski definition) is 1. The maximum atomic E-state index is 5.87. The van der Waals surface area contributed by atoms with Gasteiger partial charge in [0.25, 0.3) is 0 Å². The Bertz CT molecular complexity index is 761. The number of rotatable bonds is 4. The van der Waals surface area contributed by atoms with Crippen molar-refractivity contribution in [3.63, 3.8) is 0 Å². The van der Waals surface area contributed by atoms with E-state index in [1.807, 2.05) is 48.7 Å². The van der Waals surface area contributed by atoms with E-state index in [2.05, 4.69) is 15.5 Å². The van der Waals surface area contributed by atoms with Crippen LogP contribution in [0, 0.1) is 6.92 Å². The van der Waals surface area contributed by atoms with E-state index in [0.29, 0.717) is 10.8 Å². The fraction of sp³-hybridized carbons (Fsp3) is 0.0667. The van der Waals surface area contributed by atoms with Gasteiger partial charge in [0, 0.05) is 16.0 Å². The number of aromatic nitrogens is 1. The number of hydrogen-bond acceptors (Lipinski definition) is 5. The molecule has 0 aliphatic heterocycles. The molecule has 6 heteroatoms. The summed E-state index contributed by atoms with van der Waals surface area (Å²) in [4.78, 5) is 4.47. The Kier molecular flexibility index (Phi) is 4.03. The summed E-state index contributed by atoms with van der Waals surface area (Å²) in [5.41, 5.74) is 4.81. The van der Waals surface area contributed by atoms with Crippen molar-refractivity contribution in [2.24, 2.45) is 5.10 Å². The molecule has 3 rings (SSSR count). The minimum absolute atomic E-state index is 0.703. The van der Waals surface area contributed by atoms with Gasteiger partial charge < -0.3 is 4.42 Å². The van der Waals surface area contributed by atoms with Crippen molar-refractivity contribution in [2.75, 3.05) is 5.43 Å². The molecule has 0 amide bonds. The van der Waals surface area contributed by atoms with Crippen LogP contribution in [0.3, 0.4) is 0 Å². The number of hydrazone groups is 1. The van der Waals surface area contributed by atoms with Crippen molar-refractivity contribution in [3.05, 3.63) is 58.3 Å². The molecule has 0 radical (unpaired) electrons. The molecule has 0 aliphatic rings. The molecule has 4 nitrogen and oxygen atoms in total. The molecule has 21 heavy (non-hydrogen) atoms. The highest BCUT2D eigenvalue weighted by Crippen LogP contribution is 2.25. The fourth-order valence-electron chi connectivity index (χ4n) is 1.75. The standard InChI is InChI=1S/C15H12ClN3OS/c1-10-2-7-13(20-10)8-17-19-15-18-14(9-21-15)11-3-5-12(16)6-4-11/h2-9H,1H3,(H,18,19)/b17-8+. The molecule has 106 valence electrons. The number of nitrogens with one attached hydrogen (secondary N) is 1. The van der Waals surface area contributed by atoms with E-state index in [-0.39, 0.29) is 0 Å². The summed E-state index contributed by atoms with van der Waals surface area (Å²) in [7, 11) is 0. The Balaban J connectivity index is 1.67. The zero-order chi connectivity index (χ0) is 14.7. The lowest BCUT2D eigenvalue weighted by Crippen LogP contribution is -1.89. The predicted molar refractivity (Wildman–Crippen MR) is 87.2 cm³/mol. The van der Waals surface area contributed by atoms with E-state index in [0.717, 1.165) is 22.1 Å². The van der Waals surface area contributed by atoms with Gasteiger partial charge in [-0.05, 0) is 31.2 Å². The van der Waals surface area contributed by atoms with Crippen LogP contribution in [0.4, 0.5) is 5.13 Å². The zero-order valence-electron chi connectivity index (χ0n) is 11.2. The average molecular weight is 318 g/mol. The van der Waals surface area contributed by atoms with Gasteiger partial charge in [-0.3, -0.25) is 5.43 Å². The van der Waals surface area contributed by atoms with E-state index in [1.165, 1.54) is 11.3 Å². The van der Waals surface area contributed by atoms with E-state index >= 15 is 0 Å². The van der Waals surface area contributed by atoms with Crippen LogP contribution in [0.25, 0.3) is 11.3 Å². The van der Waals surface area contributed by atoms with Gasteiger partial charge in [-0.2, -0.15) is 5.10 Å². The Hall–Kier alpha value is -2.11. The Morgan fingerprint density at radius 2 is 2.05 bits per heavy atom. The van der Waals surface area contributed by atoms with E-state index in [9.17, 15) is 0 Å². The summed E-state index contributed by atoms with van der Waals surface area (Å²) in [6.07, 6.45) is 1.62. The van der Waals surface area contributed by atoms with Gasteiger partial charge >= 0.3 is 0 Å². The van der Waals surface area contributed by atoms with Crippen LogP contribution in [0.5, 0.6) is 0 Å². The predicted octanol–water partition coefficient (Wildman–Crippen LogP) is 4.81. The average Bonchev–Trinajstić information content (AvgIpc) is 3.09. The third-order valence-electron chi connectivity index (χ3n) is 2.76. The normalized spacial score (nSPS) is 11.1. The zero-order valence-corrected chi connectivity index (χ0v) is 12.8. The SMILES string of the molecule is Cc1ccc(/C=N/Nc2nc(-c3ccc(Cl)cc3)cs2)o1. The molecule has 0 saturated heterocycles. The minimum atomic E-state index is 0.703. The number of anilines is 1. The Labute approximate surface area is 131 Å². The van der Waals surface area contributed by atoms with Gasteiger partial charge in [0.05, 0.1) is 11.9 Å². The summed E-state index contributed by atoms with van der Waals surface area (Å²) >= 11 is 7.36. The first kappa shape index (κ1) is 13.9. The van der Waals surface area contributed by atoms with Crippen molar-refractivity contribution in [1.82, 2.24) is 4.98 Å². The summed E-state index contributed by atoms with van der Waals surface area (Å²) in [6, 6.07) is 11.3. The molecule has 0 atom stereocenters. The van der Waals surface area contributed by atoms with Gasteiger partial charge in [-0.1, -0.05) is 23.7 Å². The molecular weight excluding hydrogens is 306 g/mol. The highest BCUT2D eigenvalue weighted by molar-refractivity contribution is 7.14. The quantitative estimate of drug-likeness (QED) is 0.555. The van der Waals surface area contributed by atoms with Gasteiger partial charge in [-0.15, -0.1) is 11.3 Å². The highest BCUT2D eigenvalue weighted by Gasteiger charge is 2.03. The first-order valence-corrected chi connectivity index (χ1v) is 7.53. The fourth-order valence-corrected chi connectivity index (χ4v) is 2.55. The smallest absolute Gasteiger partial charge is 0.203 e. The number of halogens is 1. The summed E-state index contributed by atoms with van der Waals surface area (Å²) in [5.74, 6) is 1.56. The lowest BCUT2D eigenvalue weighted by atomic mass is 10.2. The van der Waals surface area contributed by atoms with Crippen molar-refractivity contribution in [2.45, 2.75) is 6.92 Å². The molecular formula is C15H12ClN3OS. The molecule has 1 aromatic carbocycles. The van der Waals surface area contributed by atoms with Crippen LogP contribution in [0.2, 0.25) is 5.02 Å².